The molecule has 0 saturated carbocycles. The van der Waals surface area contributed by atoms with Crippen LogP contribution >= 0.6 is 11.3 Å². The third-order valence-electron chi connectivity index (χ3n) is 5.29. The van der Waals surface area contributed by atoms with Crippen LogP contribution in [0.25, 0.3) is 0 Å². The molecule has 0 bridgehead atoms. The molecule has 1 aromatic carbocycles. The van der Waals surface area contributed by atoms with Crippen molar-refractivity contribution in [3.8, 4) is 0 Å². The number of aryl methyl sites for hydroxylation is 1. The fraction of sp³-hybridized carbons (Fsp3) is 0.348. The molecule has 0 aliphatic carbocycles. The second-order valence-corrected chi connectivity index (χ2v) is 8.63. The maximum absolute atomic E-state index is 12.5. The molecular weight excluding hydrogens is 426 g/mol. The molecular formula is C23H29N5O3S. The highest BCUT2D eigenvalue weighted by molar-refractivity contribution is 7.09. The lowest BCUT2D eigenvalue weighted by Gasteiger charge is -2.16. The van der Waals surface area contributed by atoms with Gasteiger partial charge in [-0.15, -0.1) is 11.3 Å². The van der Waals surface area contributed by atoms with Crippen LogP contribution < -0.4 is 16.4 Å². The number of carboxylic acids is 1. The Hall–Kier alpha value is -3.01. The molecule has 9 heteroatoms. The molecule has 3 aromatic rings. The summed E-state index contributed by atoms with van der Waals surface area (Å²) in [6.45, 7) is 1.38. The van der Waals surface area contributed by atoms with Gasteiger partial charge < -0.3 is 26.0 Å². The number of aliphatic carboxylic acids is 1. The summed E-state index contributed by atoms with van der Waals surface area (Å²) in [6, 6.07) is 9.81. The van der Waals surface area contributed by atoms with Crippen LogP contribution in [-0.2, 0) is 24.8 Å². The van der Waals surface area contributed by atoms with E-state index in [1.54, 1.807) is 41.8 Å². The fourth-order valence-corrected chi connectivity index (χ4v) is 4.04. The van der Waals surface area contributed by atoms with E-state index in [0.29, 0.717) is 37.9 Å². The quantitative estimate of drug-likeness (QED) is 0.311. The van der Waals surface area contributed by atoms with Gasteiger partial charge in [0.1, 0.15) is 6.04 Å². The number of carbonyl (C=O) groups is 2. The Morgan fingerprint density at radius 3 is 2.66 bits per heavy atom. The maximum Gasteiger partial charge on any atom is 0.326 e. The minimum Gasteiger partial charge on any atom is -0.480 e. The Kier molecular flexibility index (Phi) is 8.55. The zero-order valence-electron chi connectivity index (χ0n) is 18.0. The van der Waals surface area contributed by atoms with Gasteiger partial charge in [0.15, 0.2) is 0 Å². The van der Waals surface area contributed by atoms with E-state index in [9.17, 15) is 14.7 Å². The Balaban J connectivity index is 1.46. The highest BCUT2D eigenvalue weighted by atomic mass is 32.1. The predicted molar refractivity (Wildman–Crippen MR) is 124 cm³/mol. The van der Waals surface area contributed by atoms with Crippen molar-refractivity contribution >= 4 is 23.2 Å². The Bertz CT molecular complexity index is 1000. The molecule has 0 spiro atoms. The summed E-state index contributed by atoms with van der Waals surface area (Å²) in [5.41, 5.74) is 8.69. The lowest BCUT2D eigenvalue weighted by molar-refractivity contribution is -0.139. The van der Waals surface area contributed by atoms with Gasteiger partial charge >= 0.3 is 5.97 Å². The third kappa shape index (κ3) is 6.74. The number of amides is 1. The van der Waals surface area contributed by atoms with Crippen molar-refractivity contribution in [3.05, 3.63) is 76.0 Å². The van der Waals surface area contributed by atoms with E-state index in [2.05, 4.69) is 15.6 Å². The van der Waals surface area contributed by atoms with Crippen molar-refractivity contribution in [2.45, 2.75) is 37.9 Å². The van der Waals surface area contributed by atoms with Crippen LogP contribution in [0.15, 0.2) is 54.2 Å². The molecule has 5 N–H and O–H groups in total. The molecule has 0 aliphatic rings. The Morgan fingerprint density at radius 1 is 1.25 bits per heavy atom. The van der Waals surface area contributed by atoms with Crippen molar-refractivity contribution < 1.29 is 14.7 Å². The molecule has 0 fully saturated rings. The molecule has 1 amide bonds. The van der Waals surface area contributed by atoms with E-state index in [0.717, 1.165) is 16.3 Å². The third-order valence-corrected chi connectivity index (χ3v) is 6.09. The summed E-state index contributed by atoms with van der Waals surface area (Å²) in [5.74, 6) is -1.45. The largest absolute Gasteiger partial charge is 0.480 e. The number of thiazole rings is 1. The maximum atomic E-state index is 12.5. The standard InChI is InChI=1S/C23H29N5O3S/c1-28-12-3-4-18(28)15-25-10-2-5-20(23(30)31)27-22(29)17-8-6-16(7-9-17)19(24)14-21-26-11-13-32-21/h3-4,6-9,11-13,19-20,25H,2,5,10,14-15,24H2,1H3,(H,27,29)(H,30,31)/t19?,20-/m0/s1. The molecule has 2 aromatic heterocycles. The van der Waals surface area contributed by atoms with Crippen molar-refractivity contribution in [1.82, 2.24) is 20.2 Å². The van der Waals surface area contributed by atoms with Crippen molar-refractivity contribution in [2.75, 3.05) is 6.54 Å². The molecule has 0 saturated heterocycles. The first-order chi connectivity index (χ1) is 15.4. The summed E-state index contributed by atoms with van der Waals surface area (Å²) in [6.07, 6.45) is 5.33. The SMILES string of the molecule is Cn1cccc1CNCCC[C@H](NC(=O)c1ccc(C(N)Cc2nccs2)cc1)C(=O)O. The number of hydrogen-bond acceptors (Lipinski definition) is 6. The highest BCUT2D eigenvalue weighted by Crippen LogP contribution is 2.18. The van der Waals surface area contributed by atoms with Gasteiger partial charge in [-0.1, -0.05) is 12.1 Å². The summed E-state index contributed by atoms with van der Waals surface area (Å²) in [7, 11) is 1.98. The lowest BCUT2D eigenvalue weighted by Crippen LogP contribution is -2.41. The van der Waals surface area contributed by atoms with Gasteiger partial charge in [-0.2, -0.15) is 0 Å². The first-order valence-electron chi connectivity index (χ1n) is 10.5. The number of hydrogen-bond donors (Lipinski definition) is 4. The molecule has 8 nitrogen and oxygen atoms in total. The number of rotatable bonds is 12. The van der Waals surface area contributed by atoms with E-state index >= 15 is 0 Å². The number of nitrogens with one attached hydrogen (secondary N) is 2. The van der Waals surface area contributed by atoms with E-state index in [1.807, 2.05) is 35.3 Å². The monoisotopic (exact) mass is 455 g/mol. The van der Waals surface area contributed by atoms with Crippen LogP contribution in [0.4, 0.5) is 0 Å². The molecule has 2 atom stereocenters. The minimum absolute atomic E-state index is 0.215. The van der Waals surface area contributed by atoms with E-state index in [1.165, 1.54) is 0 Å². The minimum atomic E-state index is -1.04. The first-order valence-corrected chi connectivity index (χ1v) is 11.4. The number of aromatic nitrogens is 2. The van der Waals surface area contributed by atoms with Gasteiger partial charge in [0.25, 0.3) is 5.91 Å². The van der Waals surface area contributed by atoms with E-state index in [4.69, 9.17) is 5.73 Å². The van der Waals surface area contributed by atoms with E-state index < -0.39 is 17.9 Å². The van der Waals surface area contributed by atoms with Crippen LogP contribution in [0.2, 0.25) is 0 Å². The predicted octanol–water partition coefficient (Wildman–Crippen LogP) is 2.48. The van der Waals surface area contributed by atoms with E-state index in [-0.39, 0.29) is 6.04 Å². The van der Waals surface area contributed by atoms with Crippen LogP contribution in [-0.4, -0.2) is 39.1 Å². The second-order valence-electron chi connectivity index (χ2n) is 7.65. The number of nitrogens with two attached hydrogens (primary N) is 1. The number of carbonyl (C=O) groups excluding carboxylic acids is 1. The highest BCUT2D eigenvalue weighted by Gasteiger charge is 2.20. The van der Waals surface area contributed by atoms with Gasteiger partial charge in [-0.05, 0) is 49.2 Å². The average molecular weight is 456 g/mol. The molecule has 0 aliphatic heterocycles. The van der Waals surface area contributed by atoms with Crippen LogP contribution in [0.3, 0.4) is 0 Å². The zero-order chi connectivity index (χ0) is 22.9. The first kappa shape index (κ1) is 23.6. The van der Waals surface area contributed by atoms with Gasteiger partial charge in [0.2, 0.25) is 0 Å². The second kappa shape index (κ2) is 11.6. The van der Waals surface area contributed by atoms with Gasteiger partial charge in [-0.3, -0.25) is 4.79 Å². The molecule has 1 unspecified atom stereocenters. The summed E-state index contributed by atoms with van der Waals surface area (Å²) >= 11 is 1.56. The van der Waals surface area contributed by atoms with Crippen molar-refractivity contribution in [3.63, 3.8) is 0 Å². The van der Waals surface area contributed by atoms with Gasteiger partial charge in [0.05, 0.1) is 5.01 Å². The van der Waals surface area contributed by atoms with Crippen LogP contribution in [0, 0.1) is 0 Å². The smallest absolute Gasteiger partial charge is 0.326 e. The molecule has 32 heavy (non-hydrogen) atoms. The molecule has 0 radical (unpaired) electrons. The molecule has 3 rings (SSSR count). The van der Waals surface area contributed by atoms with Crippen molar-refractivity contribution in [2.24, 2.45) is 12.8 Å². The number of benzene rings is 1. The molecule has 170 valence electrons. The summed E-state index contributed by atoms with van der Waals surface area (Å²) in [4.78, 5) is 28.4. The lowest BCUT2D eigenvalue weighted by atomic mass is 10.0. The van der Waals surface area contributed by atoms with Crippen LogP contribution in [0.5, 0.6) is 0 Å². The zero-order valence-corrected chi connectivity index (χ0v) is 18.8. The van der Waals surface area contributed by atoms with Gasteiger partial charge in [-0.25, -0.2) is 9.78 Å². The number of carboxylic acid groups (broad SMARTS) is 1. The normalized spacial score (nSPS) is 12.9. The van der Waals surface area contributed by atoms with Crippen molar-refractivity contribution in [1.29, 1.82) is 0 Å². The molecule has 2 heterocycles. The number of nitrogens with zero attached hydrogens (tertiary/aromatic N) is 2. The summed E-state index contributed by atoms with van der Waals surface area (Å²) in [5, 5.41) is 18.3. The topological polar surface area (TPSA) is 122 Å². The Morgan fingerprint density at radius 2 is 2.03 bits per heavy atom. The Labute approximate surface area is 191 Å². The van der Waals surface area contributed by atoms with Gasteiger partial charge in [0, 0.05) is 55.1 Å². The average Bonchev–Trinajstić information content (AvgIpc) is 3.44. The summed E-state index contributed by atoms with van der Waals surface area (Å²) < 4.78 is 2.03. The van der Waals surface area contributed by atoms with Crippen LogP contribution in [0.1, 0.15) is 45.5 Å². The fourth-order valence-electron chi connectivity index (χ4n) is 3.37.